The third-order valence-corrected chi connectivity index (χ3v) is 5.40. The minimum Gasteiger partial charge on any atom is -0.497 e. The molecule has 4 rings (SSSR count). The van der Waals surface area contributed by atoms with Crippen molar-refractivity contribution >= 4 is 10.9 Å². The van der Waals surface area contributed by atoms with E-state index in [1.54, 1.807) is 14.2 Å². The molecule has 1 aliphatic carbocycles. The summed E-state index contributed by atoms with van der Waals surface area (Å²) in [6, 6.07) is 14.7. The standard InChI is InChI=1S/C22H25NO2/c1-24-17-13-18-21(19(14-17)25-2)20(15-9-5-3-6-10-15)22(23-18)16-11-7-4-8-12-16/h3,5-6,9-10,13-14,16,23H,4,7-8,11-12H2,1-2H3. The van der Waals surface area contributed by atoms with E-state index in [1.165, 1.54) is 48.9 Å². The van der Waals surface area contributed by atoms with Crippen LogP contribution in [-0.2, 0) is 0 Å². The first-order valence-electron chi connectivity index (χ1n) is 9.15. The van der Waals surface area contributed by atoms with E-state index < -0.39 is 0 Å². The summed E-state index contributed by atoms with van der Waals surface area (Å²) in [6.07, 6.45) is 6.50. The highest BCUT2D eigenvalue weighted by atomic mass is 16.5. The zero-order valence-electron chi connectivity index (χ0n) is 15.0. The van der Waals surface area contributed by atoms with Gasteiger partial charge in [-0.05, 0) is 24.3 Å². The number of benzene rings is 2. The van der Waals surface area contributed by atoms with E-state index in [1.807, 2.05) is 6.07 Å². The van der Waals surface area contributed by atoms with Crippen LogP contribution in [0.15, 0.2) is 42.5 Å². The van der Waals surface area contributed by atoms with Crippen LogP contribution in [0.1, 0.15) is 43.7 Å². The summed E-state index contributed by atoms with van der Waals surface area (Å²) in [5, 5.41) is 1.16. The first kappa shape index (κ1) is 16.1. The van der Waals surface area contributed by atoms with E-state index in [0.29, 0.717) is 5.92 Å². The molecule has 25 heavy (non-hydrogen) atoms. The highest BCUT2D eigenvalue weighted by molar-refractivity contribution is 6.02. The van der Waals surface area contributed by atoms with Gasteiger partial charge in [0.25, 0.3) is 0 Å². The second-order valence-electron chi connectivity index (χ2n) is 6.87. The van der Waals surface area contributed by atoms with Gasteiger partial charge in [-0.15, -0.1) is 0 Å². The van der Waals surface area contributed by atoms with Gasteiger partial charge in [0.15, 0.2) is 0 Å². The molecule has 0 amide bonds. The molecule has 2 aromatic carbocycles. The fourth-order valence-corrected chi connectivity index (χ4v) is 4.17. The minimum atomic E-state index is 0.590. The van der Waals surface area contributed by atoms with E-state index in [-0.39, 0.29) is 0 Å². The Morgan fingerprint density at radius 2 is 1.68 bits per heavy atom. The van der Waals surface area contributed by atoms with Crippen LogP contribution in [0.5, 0.6) is 11.5 Å². The SMILES string of the molecule is COc1cc(OC)c2c(-c3ccccc3)c(C3CCCCC3)[nH]c2c1. The number of aromatic nitrogens is 1. The molecule has 1 aliphatic rings. The number of nitrogens with one attached hydrogen (secondary N) is 1. The van der Waals surface area contributed by atoms with E-state index >= 15 is 0 Å². The smallest absolute Gasteiger partial charge is 0.132 e. The summed E-state index contributed by atoms with van der Waals surface area (Å²) >= 11 is 0. The van der Waals surface area contributed by atoms with Crippen molar-refractivity contribution in [3.63, 3.8) is 0 Å². The van der Waals surface area contributed by atoms with Gasteiger partial charge >= 0.3 is 0 Å². The molecule has 0 unspecified atom stereocenters. The van der Waals surface area contributed by atoms with Crippen LogP contribution in [0.25, 0.3) is 22.0 Å². The highest BCUT2D eigenvalue weighted by Gasteiger charge is 2.25. The van der Waals surface area contributed by atoms with E-state index in [9.17, 15) is 0 Å². The Balaban J connectivity index is 1.99. The third kappa shape index (κ3) is 2.88. The number of H-pyrrole nitrogens is 1. The Labute approximate surface area is 149 Å². The molecule has 0 spiro atoms. The van der Waals surface area contributed by atoms with Crippen molar-refractivity contribution in [2.24, 2.45) is 0 Å². The number of fused-ring (bicyclic) bond motifs is 1. The zero-order chi connectivity index (χ0) is 17.2. The Morgan fingerprint density at radius 3 is 2.36 bits per heavy atom. The molecule has 0 aliphatic heterocycles. The number of hydrogen-bond donors (Lipinski definition) is 1. The van der Waals surface area contributed by atoms with Crippen LogP contribution in [0.3, 0.4) is 0 Å². The van der Waals surface area contributed by atoms with Crippen molar-refractivity contribution in [3.05, 3.63) is 48.2 Å². The van der Waals surface area contributed by atoms with Crippen molar-refractivity contribution in [1.29, 1.82) is 0 Å². The number of hydrogen-bond acceptors (Lipinski definition) is 2. The fraction of sp³-hybridized carbons (Fsp3) is 0.364. The van der Waals surface area contributed by atoms with Gasteiger partial charge < -0.3 is 14.5 Å². The molecule has 1 saturated carbocycles. The van der Waals surface area contributed by atoms with Crippen LogP contribution in [0.2, 0.25) is 0 Å². The second-order valence-corrected chi connectivity index (χ2v) is 6.87. The van der Waals surface area contributed by atoms with Crippen LogP contribution < -0.4 is 9.47 Å². The topological polar surface area (TPSA) is 34.2 Å². The molecular weight excluding hydrogens is 310 g/mol. The lowest BCUT2D eigenvalue weighted by Gasteiger charge is -2.22. The van der Waals surface area contributed by atoms with Gasteiger partial charge in [-0.2, -0.15) is 0 Å². The lowest BCUT2D eigenvalue weighted by molar-refractivity contribution is 0.398. The predicted molar refractivity (Wildman–Crippen MR) is 103 cm³/mol. The van der Waals surface area contributed by atoms with Gasteiger partial charge in [-0.3, -0.25) is 0 Å². The van der Waals surface area contributed by atoms with Gasteiger partial charge in [-0.25, -0.2) is 0 Å². The van der Waals surface area contributed by atoms with Crippen LogP contribution >= 0.6 is 0 Å². The normalized spacial score (nSPS) is 15.4. The Kier molecular flexibility index (Phi) is 4.39. The Hall–Kier alpha value is -2.42. The molecule has 0 radical (unpaired) electrons. The zero-order valence-corrected chi connectivity index (χ0v) is 15.0. The molecule has 130 valence electrons. The molecule has 3 aromatic rings. The molecule has 3 heteroatoms. The van der Waals surface area contributed by atoms with Gasteiger partial charge in [-0.1, -0.05) is 49.6 Å². The molecular formula is C22H25NO2. The summed E-state index contributed by atoms with van der Waals surface area (Å²) in [4.78, 5) is 3.72. The maximum atomic E-state index is 5.73. The number of ether oxygens (including phenoxy) is 2. The average molecular weight is 335 g/mol. The Bertz CT molecular complexity index is 861. The van der Waals surface area contributed by atoms with Gasteiger partial charge in [0.2, 0.25) is 0 Å². The summed E-state index contributed by atoms with van der Waals surface area (Å²) in [5.41, 5.74) is 4.99. The van der Waals surface area contributed by atoms with Crippen molar-refractivity contribution in [2.45, 2.75) is 38.0 Å². The summed E-state index contributed by atoms with van der Waals surface area (Å²) < 4.78 is 11.2. The average Bonchev–Trinajstić information content (AvgIpc) is 3.08. The summed E-state index contributed by atoms with van der Waals surface area (Å²) in [7, 11) is 3.43. The fourth-order valence-electron chi connectivity index (χ4n) is 4.17. The maximum absolute atomic E-state index is 5.73. The predicted octanol–water partition coefficient (Wildman–Crippen LogP) is 5.90. The maximum Gasteiger partial charge on any atom is 0.132 e. The molecule has 0 bridgehead atoms. The van der Waals surface area contributed by atoms with Crippen molar-refractivity contribution in [2.75, 3.05) is 14.2 Å². The second kappa shape index (κ2) is 6.83. The van der Waals surface area contributed by atoms with Gasteiger partial charge in [0.05, 0.1) is 19.7 Å². The lowest BCUT2D eigenvalue weighted by Crippen LogP contribution is -2.06. The first-order valence-corrected chi connectivity index (χ1v) is 9.15. The molecule has 3 nitrogen and oxygen atoms in total. The molecule has 1 N–H and O–H groups in total. The van der Waals surface area contributed by atoms with E-state index in [2.05, 4.69) is 41.4 Å². The van der Waals surface area contributed by atoms with Crippen LogP contribution in [0.4, 0.5) is 0 Å². The highest BCUT2D eigenvalue weighted by Crippen LogP contribution is 2.45. The molecule has 1 aromatic heterocycles. The monoisotopic (exact) mass is 335 g/mol. The van der Waals surface area contributed by atoms with Crippen molar-refractivity contribution < 1.29 is 9.47 Å². The minimum absolute atomic E-state index is 0.590. The third-order valence-electron chi connectivity index (χ3n) is 5.40. The molecule has 1 fully saturated rings. The summed E-state index contributed by atoms with van der Waals surface area (Å²) in [5.74, 6) is 2.28. The first-order chi connectivity index (χ1) is 12.3. The number of rotatable bonds is 4. The van der Waals surface area contributed by atoms with E-state index in [0.717, 1.165) is 22.4 Å². The van der Waals surface area contributed by atoms with Crippen molar-refractivity contribution in [1.82, 2.24) is 4.98 Å². The van der Waals surface area contributed by atoms with E-state index in [4.69, 9.17) is 9.47 Å². The molecule has 0 atom stereocenters. The summed E-state index contributed by atoms with van der Waals surface area (Å²) in [6.45, 7) is 0. The van der Waals surface area contributed by atoms with Gasteiger partial charge in [0.1, 0.15) is 11.5 Å². The largest absolute Gasteiger partial charge is 0.497 e. The van der Waals surface area contributed by atoms with Crippen molar-refractivity contribution in [3.8, 4) is 22.6 Å². The molecule has 0 saturated heterocycles. The van der Waals surface area contributed by atoms with Gasteiger partial charge in [0, 0.05) is 28.8 Å². The molecule has 1 heterocycles. The lowest BCUT2D eigenvalue weighted by atomic mass is 9.84. The number of methoxy groups -OCH3 is 2. The number of aromatic amines is 1. The van der Waals surface area contributed by atoms with Crippen LogP contribution in [-0.4, -0.2) is 19.2 Å². The quantitative estimate of drug-likeness (QED) is 0.644. The Morgan fingerprint density at radius 1 is 0.920 bits per heavy atom. The van der Waals surface area contributed by atoms with Crippen LogP contribution in [0, 0.1) is 0 Å².